The number of nitrogens with zero attached hydrogens (tertiary/aromatic N) is 3. The summed E-state index contributed by atoms with van der Waals surface area (Å²) in [4.78, 5) is 9.38. The first-order chi connectivity index (χ1) is 7.79. The molecule has 0 bridgehead atoms. The first kappa shape index (κ1) is 12.1. The molecule has 1 aromatic heterocycles. The Hall–Kier alpha value is -0.320. The van der Waals surface area contributed by atoms with Gasteiger partial charge in [0.1, 0.15) is 0 Å². The number of aromatic nitrogens is 1. The lowest BCUT2D eigenvalue weighted by atomic mass is 10.4. The second-order valence-corrected chi connectivity index (χ2v) is 5.36. The molecule has 1 saturated heterocycles. The van der Waals surface area contributed by atoms with Gasteiger partial charge in [-0.15, -0.1) is 22.9 Å². The van der Waals surface area contributed by atoms with Crippen molar-refractivity contribution in [1.82, 2.24) is 9.88 Å². The van der Waals surface area contributed by atoms with Crippen LogP contribution in [-0.2, 0) is 0 Å². The summed E-state index contributed by atoms with van der Waals surface area (Å²) >= 11 is 7.53. The highest BCUT2D eigenvalue weighted by atomic mass is 35.5. The van der Waals surface area contributed by atoms with Gasteiger partial charge in [-0.2, -0.15) is 0 Å². The molecule has 0 aliphatic carbocycles. The predicted molar refractivity (Wildman–Crippen MR) is 70.8 cm³/mol. The standard InChI is InChI=1S/C11H18ClN3S/c1-10-9-16-11(13-10)15-5-2-4-14(6-3-12)7-8-15/h9H,2-8H2,1H3. The van der Waals surface area contributed by atoms with Gasteiger partial charge >= 0.3 is 0 Å². The highest BCUT2D eigenvalue weighted by Crippen LogP contribution is 2.21. The fourth-order valence-corrected chi connectivity index (χ4v) is 3.09. The average Bonchev–Trinajstić information content (AvgIpc) is 2.57. The normalized spacial score (nSPS) is 18.8. The minimum absolute atomic E-state index is 0.733. The molecule has 16 heavy (non-hydrogen) atoms. The maximum atomic E-state index is 5.78. The Labute approximate surface area is 106 Å². The summed E-state index contributed by atoms with van der Waals surface area (Å²) in [5.41, 5.74) is 1.13. The number of halogens is 1. The van der Waals surface area contributed by atoms with Gasteiger partial charge < -0.3 is 9.80 Å². The van der Waals surface area contributed by atoms with Crippen LogP contribution in [0.25, 0.3) is 0 Å². The second-order valence-electron chi connectivity index (χ2n) is 4.14. The molecule has 1 fully saturated rings. The smallest absolute Gasteiger partial charge is 0.185 e. The average molecular weight is 260 g/mol. The highest BCUT2D eigenvalue weighted by Gasteiger charge is 2.16. The summed E-state index contributed by atoms with van der Waals surface area (Å²) < 4.78 is 0. The van der Waals surface area contributed by atoms with Crippen molar-refractivity contribution >= 4 is 28.1 Å². The number of anilines is 1. The zero-order chi connectivity index (χ0) is 11.4. The van der Waals surface area contributed by atoms with Crippen LogP contribution in [0.2, 0.25) is 0 Å². The van der Waals surface area contributed by atoms with Crippen molar-refractivity contribution in [2.75, 3.05) is 43.5 Å². The monoisotopic (exact) mass is 259 g/mol. The SMILES string of the molecule is Cc1csc(N2CCCN(CCCl)CC2)n1. The number of rotatable bonds is 3. The molecule has 0 spiro atoms. The Morgan fingerprint density at radius 1 is 1.38 bits per heavy atom. The van der Waals surface area contributed by atoms with Crippen LogP contribution in [0.3, 0.4) is 0 Å². The van der Waals surface area contributed by atoms with Crippen molar-refractivity contribution in [2.45, 2.75) is 13.3 Å². The molecule has 1 aliphatic heterocycles. The van der Waals surface area contributed by atoms with E-state index in [-0.39, 0.29) is 0 Å². The van der Waals surface area contributed by atoms with E-state index in [4.69, 9.17) is 11.6 Å². The van der Waals surface area contributed by atoms with Gasteiger partial charge in [0.05, 0.1) is 5.69 Å². The molecule has 0 aromatic carbocycles. The van der Waals surface area contributed by atoms with Crippen LogP contribution >= 0.6 is 22.9 Å². The summed E-state index contributed by atoms with van der Waals surface area (Å²) in [7, 11) is 0. The van der Waals surface area contributed by atoms with Crippen LogP contribution in [0.15, 0.2) is 5.38 Å². The Morgan fingerprint density at radius 2 is 2.25 bits per heavy atom. The van der Waals surface area contributed by atoms with Crippen LogP contribution in [0.4, 0.5) is 5.13 Å². The molecule has 1 aliphatic rings. The van der Waals surface area contributed by atoms with E-state index < -0.39 is 0 Å². The van der Waals surface area contributed by atoms with E-state index in [1.54, 1.807) is 11.3 Å². The van der Waals surface area contributed by atoms with Gasteiger partial charge in [0.25, 0.3) is 0 Å². The zero-order valence-corrected chi connectivity index (χ0v) is 11.2. The van der Waals surface area contributed by atoms with Crippen molar-refractivity contribution in [2.24, 2.45) is 0 Å². The minimum atomic E-state index is 0.733. The van der Waals surface area contributed by atoms with Gasteiger partial charge in [0.15, 0.2) is 5.13 Å². The van der Waals surface area contributed by atoms with Crippen molar-refractivity contribution in [3.05, 3.63) is 11.1 Å². The van der Waals surface area contributed by atoms with Crippen molar-refractivity contribution in [1.29, 1.82) is 0 Å². The molecular weight excluding hydrogens is 242 g/mol. The van der Waals surface area contributed by atoms with Gasteiger partial charge in [-0.1, -0.05) is 0 Å². The van der Waals surface area contributed by atoms with Crippen LogP contribution < -0.4 is 4.90 Å². The number of alkyl halides is 1. The molecule has 0 N–H and O–H groups in total. The van der Waals surface area contributed by atoms with E-state index in [9.17, 15) is 0 Å². The number of thiazole rings is 1. The molecule has 2 rings (SSSR count). The zero-order valence-electron chi connectivity index (χ0n) is 9.65. The summed E-state index contributed by atoms with van der Waals surface area (Å²) in [6.07, 6.45) is 1.20. The maximum absolute atomic E-state index is 5.78. The van der Waals surface area contributed by atoms with Crippen LogP contribution in [0.1, 0.15) is 12.1 Å². The Kier molecular flexibility index (Phi) is 4.44. The Bertz CT molecular complexity index is 329. The third kappa shape index (κ3) is 3.09. The largest absolute Gasteiger partial charge is 0.347 e. The molecular formula is C11H18ClN3S. The molecule has 0 atom stereocenters. The molecule has 3 nitrogen and oxygen atoms in total. The fourth-order valence-electron chi connectivity index (χ4n) is 1.99. The summed E-state index contributed by atoms with van der Waals surface area (Å²) in [5.74, 6) is 0.733. The molecule has 5 heteroatoms. The van der Waals surface area contributed by atoms with E-state index >= 15 is 0 Å². The quantitative estimate of drug-likeness (QED) is 0.776. The first-order valence-corrected chi connectivity index (χ1v) is 7.16. The van der Waals surface area contributed by atoms with Gasteiger partial charge in [-0.05, 0) is 19.9 Å². The summed E-state index contributed by atoms with van der Waals surface area (Å²) in [6.45, 7) is 7.51. The maximum Gasteiger partial charge on any atom is 0.185 e. The molecule has 90 valence electrons. The number of hydrogen-bond acceptors (Lipinski definition) is 4. The van der Waals surface area contributed by atoms with Crippen molar-refractivity contribution in [3.8, 4) is 0 Å². The van der Waals surface area contributed by atoms with Crippen LogP contribution in [-0.4, -0.2) is 48.5 Å². The van der Waals surface area contributed by atoms with Gasteiger partial charge in [-0.3, -0.25) is 0 Å². The molecule has 0 radical (unpaired) electrons. The van der Waals surface area contributed by atoms with E-state index in [1.807, 2.05) is 0 Å². The Morgan fingerprint density at radius 3 is 2.94 bits per heavy atom. The number of aryl methyl sites for hydroxylation is 1. The molecule has 2 heterocycles. The lowest BCUT2D eigenvalue weighted by Gasteiger charge is -2.20. The van der Waals surface area contributed by atoms with Crippen LogP contribution in [0, 0.1) is 6.92 Å². The Balaban J connectivity index is 1.93. The van der Waals surface area contributed by atoms with E-state index in [0.717, 1.165) is 44.3 Å². The third-order valence-corrected chi connectivity index (χ3v) is 4.05. The molecule has 1 aromatic rings. The van der Waals surface area contributed by atoms with Gasteiger partial charge in [0.2, 0.25) is 0 Å². The third-order valence-electron chi connectivity index (χ3n) is 2.87. The predicted octanol–water partition coefficient (Wildman–Crippen LogP) is 2.20. The van der Waals surface area contributed by atoms with E-state index in [2.05, 4.69) is 27.1 Å². The lowest BCUT2D eigenvalue weighted by Crippen LogP contribution is -2.31. The van der Waals surface area contributed by atoms with E-state index in [0.29, 0.717) is 0 Å². The highest BCUT2D eigenvalue weighted by molar-refractivity contribution is 7.13. The van der Waals surface area contributed by atoms with Crippen molar-refractivity contribution in [3.63, 3.8) is 0 Å². The first-order valence-electron chi connectivity index (χ1n) is 5.75. The topological polar surface area (TPSA) is 19.4 Å². The second kappa shape index (κ2) is 5.84. The van der Waals surface area contributed by atoms with Gasteiger partial charge in [-0.25, -0.2) is 4.98 Å². The van der Waals surface area contributed by atoms with Gasteiger partial charge in [0, 0.05) is 37.4 Å². The van der Waals surface area contributed by atoms with E-state index in [1.165, 1.54) is 11.6 Å². The molecule has 0 unspecified atom stereocenters. The fraction of sp³-hybridized carbons (Fsp3) is 0.727. The lowest BCUT2D eigenvalue weighted by molar-refractivity contribution is 0.311. The molecule has 0 amide bonds. The minimum Gasteiger partial charge on any atom is -0.347 e. The van der Waals surface area contributed by atoms with Crippen molar-refractivity contribution < 1.29 is 0 Å². The number of hydrogen-bond donors (Lipinski definition) is 0. The summed E-state index contributed by atoms with van der Waals surface area (Å²) in [6, 6.07) is 0. The summed E-state index contributed by atoms with van der Waals surface area (Å²) in [5, 5.41) is 3.29. The molecule has 0 saturated carbocycles. The van der Waals surface area contributed by atoms with Crippen LogP contribution in [0.5, 0.6) is 0 Å².